The summed E-state index contributed by atoms with van der Waals surface area (Å²) in [7, 11) is 0. The van der Waals surface area contributed by atoms with Crippen LogP contribution in [0.5, 0.6) is 5.75 Å². The number of anilines is 1. The number of carbonyl (C=O) groups excluding carboxylic acids is 2. The summed E-state index contributed by atoms with van der Waals surface area (Å²) in [5.74, 6) is -0.190. The molecule has 0 aromatic heterocycles. The van der Waals surface area contributed by atoms with Crippen molar-refractivity contribution in [1.82, 2.24) is 0 Å². The third kappa shape index (κ3) is 3.37. The van der Waals surface area contributed by atoms with Gasteiger partial charge in [-0.15, -0.1) is 0 Å². The normalized spacial score (nSPS) is 14.3. The predicted molar refractivity (Wildman–Crippen MR) is 103 cm³/mol. The molecule has 2 amide bonds. The van der Waals surface area contributed by atoms with E-state index in [4.69, 9.17) is 16.3 Å². The van der Waals surface area contributed by atoms with Crippen LogP contribution in [0.1, 0.15) is 31.4 Å². The van der Waals surface area contributed by atoms with Gasteiger partial charge < -0.3 is 4.74 Å². The third-order valence-corrected chi connectivity index (χ3v) is 4.60. The molecule has 0 spiro atoms. The highest BCUT2D eigenvalue weighted by molar-refractivity contribution is 6.60. The summed E-state index contributed by atoms with van der Waals surface area (Å²) in [5.41, 5.74) is 2.48. The molecular weight excluding hydrogens is 350 g/mol. The second-order valence-corrected chi connectivity index (χ2v) is 6.41. The molecule has 134 valence electrons. The summed E-state index contributed by atoms with van der Waals surface area (Å²) >= 11 is 6.22. The summed E-state index contributed by atoms with van der Waals surface area (Å²) in [6.45, 7) is 4.71. The molecule has 0 N–H and O–H groups in total. The van der Waals surface area contributed by atoms with Gasteiger partial charge in [0.1, 0.15) is 10.8 Å². The molecule has 26 heavy (non-hydrogen) atoms. The van der Waals surface area contributed by atoms with Crippen LogP contribution in [0.3, 0.4) is 0 Å². The molecule has 0 atom stereocenters. The third-order valence-electron chi connectivity index (χ3n) is 4.25. The number of hydrogen-bond acceptors (Lipinski definition) is 3. The molecule has 0 bridgehead atoms. The average molecular weight is 370 g/mol. The van der Waals surface area contributed by atoms with Gasteiger partial charge in [0, 0.05) is 0 Å². The number of amides is 2. The van der Waals surface area contributed by atoms with E-state index in [9.17, 15) is 9.59 Å². The first-order valence-corrected chi connectivity index (χ1v) is 9.05. The minimum absolute atomic E-state index is 0.0585. The van der Waals surface area contributed by atoms with E-state index in [0.29, 0.717) is 17.9 Å². The van der Waals surface area contributed by atoms with Gasteiger partial charge in [-0.05, 0) is 48.2 Å². The van der Waals surface area contributed by atoms with Crippen LogP contribution < -0.4 is 9.64 Å². The maximum absolute atomic E-state index is 12.9. The van der Waals surface area contributed by atoms with Gasteiger partial charge in [0.2, 0.25) is 0 Å². The molecule has 0 saturated carbocycles. The highest BCUT2D eigenvalue weighted by atomic mass is 35.5. The van der Waals surface area contributed by atoms with E-state index in [1.54, 1.807) is 36.4 Å². The summed E-state index contributed by atoms with van der Waals surface area (Å²) in [6.07, 6.45) is 1.80. The Hall–Kier alpha value is -2.59. The number of ether oxygens (including phenoxy) is 1. The summed E-state index contributed by atoms with van der Waals surface area (Å²) in [5, 5.41) is -0.0585. The standard InChI is InChI=1S/C21H20ClNO3/c1-3-13-26-17-11-7-15(8-12-17)18-19(22)21(25)23(20(18)24)16-9-5-14(4-2)6-10-16/h5-12H,3-4,13H2,1-2H3. The van der Waals surface area contributed by atoms with Crippen molar-refractivity contribution in [2.24, 2.45) is 0 Å². The van der Waals surface area contributed by atoms with E-state index in [2.05, 4.69) is 0 Å². The molecule has 5 heteroatoms. The topological polar surface area (TPSA) is 46.6 Å². The van der Waals surface area contributed by atoms with Gasteiger partial charge >= 0.3 is 0 Å². The zero-order valence-corrected chi connectivity index (χ0v) is 15.5. The molecule has 4 nitrogen and oxygen atoms in total. The van der Waals surface area contributed by atoms with Gasteiger partial charge in [-0.25, -0.2) is 4.90 Å². The van der Waals surface area contributed by atoms with Crippen LogP contribution in [-0.2, 0) is 16.0 Å². The fraction of sp³-hybridized carbons (Fsp3) is 0.238. The van der Waals surface area contributed by atoms with Gasteiger partial charge in [-0.3, -0.25) is 9.59 Å². The van der Waals surface area contributed by atoms with E-state index in [0.717, 1.165) is 29.1 Å². The Bertz CT molecular complexity index is 854. The van der Waals surface area contributed by atoms with Crippen LogP contribution in [0.2, 0.25) is 0 Å². The zero-order chi connectivity index (χ0) is 18.7. The molecule has 0 unspecified atom stereocenters. The van der Waals surface area contributed by atoms with E-state index in [-0.39, 0.29) is 10.6 Å². The SMILES string of the molecule is CCCOc1ccc(C2=C(Cl)C(=O)N(c3ccc(CC)cc3)C2=O)cc1. The first-order valence-electron chi connectivity index (χ1n) is 8.67. The molecule has 3 rings (SSSR count). The maximum Gasteiger partial charge on any atom is 0.277 e. The van der Waals surface area contributed by atoms with Gasteiger partial charge in [-0.1, -0.05) is 49.7 Å². The molecule has 2 aromatic carbocycles. The molecular formula is C21H20ClNO3. The van der Waals surface area contributed by atoms with E-state index in [1.807, 2.05) is 26.0 Å². The zero-order valence-electron chi connectivity index (χ0n) is 14.8. The monoisotopic (exact) mass is 369 g/mol. The van der Waals surface area contributed by atoms with Crippen molar-refractivity contribution in [3.05, 3.63) is 64.7 Å². The molecule has 2 aromatic rings. The van der Waals surface area contributed by atoms with Gasteiger partial charge in [0.15, 0.2) is 0 Å². The van der Waals surface area contributed by atoms with Crippen molar-refractivity contribution in [1.29, 1.82) is 0 Å². The molecule has 0 aliphatic carbocycles. The predicted octanol–water partition coefficient (Wildman–Crippen LogP) is 4.56. The lowest BCUT2D eigenvalue weighted by Gasteiger charge is -2.15. The minimum atomic E-state index is -0.498. The number of rotatable bonds is 6. The van der Waals surface area contributed by atoms with Crippen LogP contribution in [0.25, 0.3) is 5.57 Å². The molecule has 1 aliphatic rings. The molecule has 0 radical (unpaired) electrons. The largest absolute Gasteiger partial charge is 0.494 e. The van der Waals surface area contributed by atoms with Crippen LogP contribution in [0.15, 0.2) is 53.6 Å². The Morgan fingerprint density at radius 2 is 1.58 bits per heavy atom. The molecule has 0 saturated heterocycles. The number of imide groups is 1. The van der Waals surface area contributed by atoms with Gasteiger partial charge in [-0.2, -0.15) is 0 Å². The maximum atomic E-state index is 12.9. The second-order valence-electron chi connectivity index (χ2n) is 6.03. The van der Waals surface area contributed by atoms with E-state index in [1.165, 1.54) is 0 Å². The highest BCUT2D eigenvalue weighted by Crippen LogP contribution is 2.35. The van der Waals surface area contributed by atoms with Crippen LogP contribution in [-0.4, -0.2) is 18.4 Å². The van der Waals surface area contributed by atoms with Crippen molar-refractivity contribution in [3.63, 3.8) is 0 Å². The van der Waals surface area contributed by atoms with E-state index < -0.39 is 11.8 Å². The average Bonchev–Trinajstić information content (AvgIpc) is 2.89. The van der Waals surface area contributed by atoms with Crippen LogP contribution in [0, 0.1) is 0 Å². The highest BCUT2D eigenvalue weighted by Gasteiger charge is 2.39. The number of nitrogens with zero attached hydrogens (tertiary/aromatic N) is 1. The number of hydrogen-bond donors (Lipinski definition) is 0. The first-order chi connectivity index (χ1) is 12.6. The number of halogens is 1. The van der Waals surface area contributed by atoms with Crippen LogP contribution in [0.4, 0.5) is 5.69 Å². The lowest BCUT2D eigenvalue weighted by Crippen LogP contribution is -2.31. The second kappa shape index (κ2) is 7.75. The van der Waals surface area contributed by atoms with Crippen molar-refractivity contribution in [2.45, 2.75) is 26.7 Å². The lowest BCUT2D eigenvalue weighted by atomic mass is 10.1. The van der Waals surface area contributed by atoms with Crippen molar-refractivity contribution in [2.75, 3.05) is 11.5 Å². The molecule has 1 heterocycles. The number of carbonyl (C=O) groups is 2. The molecule has 0 fully saturated rings. The van der Waals surface area contributed by atoms with E-state index >= 15 is 0 Å². The van der Waals surface area contributed by atoms with Crippen molar-refractivity contribution in [3.8, 4) is 5.75 Å². The Balaban J connectivity index is 1.88. The summed E-state index contributed by atoms with van der Waals surface area (Å²) in [6, 6.07) is 14.4. The summed E-state index contributed by atoms with van der Waals surface area (Å²) in [4.78, 5) is 26.5. The van der Waals surface area contributed by atoms with Crippen molar-refractivity contribution < 1.29 is 14.3 Å². The number of aryl methyl sites for hydroxylation is 1. The Morgan fingerprint density at radius 3 is 2.15 bits per heavy atom. The quantitative estimate of drug-likeness (QED) is 0.701. The Kier molecular flexibility index (Phi) is 5.43. The minimum Gasteiger partial charge on any atom is -0.494 e. The van der Waals surface area contributed by atoms with Crippen LogP contribution >= 0.6 is 11.6 Å². The van der Waals surface area contributed by atoms with Crippen molar-refractivity contribution >= 4 is 34.7 Å². The lowest BCUT2D eigenvalue weighted by molar-refractivity contribution is -0.119. The van der Waals surface area contributed by atoms with Gasteiger partial charge in [0.05, 0.1) is 17.9 Å². The van der Waals surface area contributed by atoms with Gasteiger partial charge in [0.25, 0.3) is 11.8 Å². The fourth-order valence-corrected chi connectivity index (χ4v) is 3.08. The first kappa shape index (κ1) is 18.2. The fourth-order valence-electron chi connectivity index (χ4n) is 2.81. The smallest absolute Gasteiger partial charge is 0.277 e. The number of benzene rings is 2. The summed E-state index contributed by atoms with van der Waals surface area (Å²) < 4.78 is 5.55. The molecule has 1 aliphatic heterocycles. The Labute approximate surface area is 158 Å². The Morgan fingerprint density at radius 1 is 0.923 bits per heavy atom.